The van der Waals surface area contributed by atoms with Gasteiger partial charge >= 0.3 is 5.97 Å². The molecule has 0 aliphatic carbocycles. The predicted molar refractivity (Wildman–Crippen MR) is 60.6 cm³/mol. The second-order valence-electron chi connectivity index (χ2n) is 2.79. The highest BCUT2D eigenvalue weighted by Gasteiger charge is 2.06. The highest BCUT2D eigenvalue weighted by Crippen LogP contribution is 2.16. The summed E-state index contributed by atoms with van der Waals surface area (Å²) in [5.74, 6) is -0.508. The average Bonchev–Trinajstić information content (AvgIpc) is 2.20. The zero-order valence-corrected chi connectivity index (χ0v) is 9.29. The highest BCUT2D eigenvalue weighted by molar-refractivity contribution is 6.30. The van der Waals surface area contributed by atoms with E-state index in [-0.39, 0.29) is 10.7 Å². The largest absolute Gasteiger partial charge is 0.478 e. The summed E-state index contributed by atoms with van der Waals surface area (Å²) in [6.07, 6.45) is 5.46. The van der Waals surface area contributed by atoms with Crippen LogP contribution in [0.15, 0.2) is 18.3 Å². The number of carboxylic acid groups (broad SMARTS) is 1. The molecule has 0 bridgehead atoms. The van der Waals surface area contributed by atoms with Gasteiger partial charge in [-0.15, -0.1) is 11.6 Å². The van der Waals surface area contributed by atoms with Crippen LogP contribution in [0, 0.1) is 0 Å². The summed E-state index contributed by atoms with van der Waals surface area (Å²) in [4.78, 5) is 14.4. The molecule has 1 N–H and O–H groups in total. The summed E-state index contributed by atoms with van der Waals surface area (Å²) in [7, 11) is 0. The molecule has 0 radical (unpaired) electrons. The standard InChI is InChI=1S/C10H9Cl2NO2/c11-4-2-1-3-7-5-8(10(14)15)6-13-9(7)12/h1,3,5-6H,2,4H2,(H,14,15). The SMILES string of the molecule is O=C(O)c1cnc(Cl)c(C=CCCCl)c1. The Morgan fingerprint density at radius 2 is 2.33 bits per heavy atom. The normalized spacial score (nSPS) is 10.8. The van der Waals surface area contributed by atoms with Gasteiger partial charge < -0.3 is 5.11 Å². The Kier molecular flexibility index (Phi) is 4.59. The van der Waals surface area contributed by atoms with E-state index in [0.717, 1.165) is 0 Å². The third-order valence-corrected chi connectivity index (χ3v) is 2.22. The quantitative estimate of drug-likeness (QED) is 0.656. The van der Waals surface area contributed by atoms with E-state index in [1.54, 1.807) is 6.08 Å². The minimum atomic E-state index is -1.02. The van der Waals surface area contributed by atoms with Gasteiger partial charge in [0.25, 0.3) is 0 Å². The molecule has 0 aromatic carbocycles. The zero-order chi connectivity index (χ0) is 11.3. The van der Waals surface area contributed by atoms with E-state index in [4.69, 9.17) is 28.3 Å². The number of carboxylic acids is 1. The third-order valence-electron chi connectivity index (χ3n) is 1.69. The predicted octanol–water partition coefficient (Wildman–Crippen LogP) is 3.08. The molecular formula is C10H9Cl2NO2. The first kappa shape index (κ1) is 12.0. The molecule has 0 fully saturated rings. The molecule has 5 heteroatoms. The van der Waals surface area contributed by atoms with Crippen LogP contribution in [0.5, 0.6) is 0 Å². The van der Waals surface area contributed by atoms with Crippen molar-refractivity contribution < 1.29 is 9.90 Å². The molecule has 1 heterocycles. The second-order valence-corrected chi connectivity index (χ2v) is 3.53. The Hall–Kier alpha value is -1.06. The molecule has 80 valence electrons. The smallest absolute Gasteiger partial charge is 0.337 e. The van der Waals surface area contributed by atoms with E-state index < -0.39 is 5.97 Å². The minimum Gasteiger partial charge on any atom is -0.478 e. The van der Waals surface area contributed by atoms with Gasteiger partial charge in [-0.1, -0.05) is 23.8 Å². The van der Waals surface area contributed by atoms with Gasteiger partial charge in [-0.05, 0) is 12.5 Å². The van der Waals surface area contributed by atoms with Crippen LogP contribution in [0.2, 0.25) is 5.15 Å². The number of rotatable bonds is 4. The molecule has 0 spiro atoms. The number of pyridine rings is 1. The molecule has 0 atom stereocenters. The van der Waals surface area contributed by atoms with Crippen molar-refractivity contribution in [2.75, 3.05) is 5.88 Å². The molecular weight excluding hydrogens is 237 g/mol. The number of hydrogen-bond donors (Lipinski definition) is 1. The maximum absolute atomic E-state index is 10.7. The zero-order valence-electron chi connectivity index (χ0n) is 7.78. The second kappa shape index (κ2) is 5.73. The van der Waals surface area contributed by atoms with Gasteiger partial charge in [-0.2, -0.15) is 0 Å². The van der Waals surface area contributed by atoms with Gasteiger partial charge in [0.2, 0.25) is 0 Å². The summed E-state index contributed by atoms with van der Waals surface area (Å²) >= 11 is 11.3. The van der Waals surface area contributed by atoms with Gasteiger partial charge in [0.15, 0.2) is 0 Å². The molecule has 0 aliphatic heterocycles. The molecule has 0 saturated carbocycles. The molecule has 0 unspecified atom stereocenters. The van der Waals surface area contributed by atoms with Crippen LogP contribution >= 0.6 is 23.2 Å². The number of carbonyl (C=O) groups is 1. The maximum Gasteiger partial charge on any atom is 0.337 e. The van der Waals surface area contributed by atoms with Crippen molar-refractivity contribution in [3.63, 3.8) is 0 Å². The molecule has 3 nitrogen and oxygen atoms in total. The Morgan fingerprint density at radius 3 is 2.93 bits per heavy atom. The third kappa shape index (κ3) is 3.53. The van der Waals surface area contributed by atoms with Gasteiger partial charge in [0.05, 0.1) is 5.56 Å². The van der Waals surface area contributed by atoms with E-state index in [1.165, 1.54) is 12.3 Å². The fourth-order valence-electron chi connectivity index (χ4n) is 0.972. The first-order chi connectivity index (χ1) is 7.15. The van der Waals surface area contributed by atoms with Crippen LogP contribution in [0.3, 0.4) is 0 Å². The van der Waals surface area contributed by atoms with Crippen LogP contribution in [0.1, 0.15) is 22.3 Å². The lowest BCUT2D eigenvalue weighted by atomic mass is 10.2. The summed E-state index contributed by atoms with van der Waals surface area (Å²) in [5.41, 5.74) is 0.701. The number of hydrogen-bond acceptors (Lipinski definition) is 2. The summed E-state index contributed by atoms with van der Waals surface area (Å²) in [5, 5.41) is 9.03. The lowest BCUT2D eigenvalue weighted by Crippen LogP contribution is -1.98. The summed E-state index contributed by atoms with van der Waals surface area (Å²) in [6.45, 7) is 0. The number of nitrogens with zero attached hydrogens (tertiary/aromatic N) is 1. The Labute approximate surface area is 97.3 Å². The maximum atomic E-state index is 10.7. The summed E-state index contributed by atoms with van der Waals surface area (Å²) < 4.78 is 0. The summed E-state index contributed by atoms with van der Waals surface area (Å²) in [6, 6.07) is 1.47. The lowest BCUT2D eigenvalue weighted by molar-refractivity contribution is 0.0696. The van der Waals surface area contributed by atoms with Crippen LogP contribution < -0.4 is 0 Å². The van der Waals surface area contributed by atoms with Crippen molar-refractivity contribution in [1.82, 2.24) is 4.98 Å². The lowest BCUT2D eigenvalue weighted by Gasteiger charge is -1.99. The monoisotopic (exact) mass is 245 g/mol. The number of aromatic carboxylic acids is 1. The molecule has 1 aromatic rings. The van der Waals surface area contributed by atoms with Gasteiger partial charge in [0.1, 0.15) is 5.15 Å². The molecule has 0 aliphatic rings. The van der Waals surface area contributed by atoms with Gasteiger partial charge in [0, 0.05) is 17.6 Å². The van der Waals surface area contributed by atoms with Crippen LogP contribution in [-0.2, 0) is 0 Å². The van der Waals surface area contributed by atoms with Crippen molar-refractivity contribution in [3.05, 3.63) is 34.6 Å². The number of alkyl halides is 1. The van der Waals surface area contributed by atoms with E-state index >= 15 is 0 Å². The first-order valence-corrected chi connectivity index (χ1v) is 5.17. The Balaban J connectivity index is 2.95. The number of halogens is 2. The Bertz CT molecular complexity index is 391. The molecule has 0 amide bonds. The van der Waals surface area contributed by atoms with Gasteiger partial charge in [-0.25, -0.2) is 9.78 Å². The molecule has 15 heavy (non-hydrogen) atoms. The van der Waals surface area contributed by atoms with E-state index in [1.807, 2.05) is 6.08 Å². The van der Waals surface area contributed by atoms with Crippen molar-refractivity contribution in [3.8, 4) is 0 Å². The van der Waals surface area contributed by atoms with Crippen LogP contribution in [0.4, 0.5) is 0 Å². The first-order valence-electron chi connectivity index (χ1n) is 4.26. The van der Waals surface area contributed by atoms with Crippen LogP contribution in [-0.4, -0.2) is 21.9 Å². The van der Waals surface area contributed by atoms with E-state index in [0.29, 0.717) is 17.9 Å². The minimum absolute atomic E-state index is 0.116. The number of allylic oxidation sites excluding steroid dienone is 1. The fraction of sp³-hybridized carbons (Fsp3) is 0.200. The molecule has 1 aromatic heterocycles. The highest BCUT2D eigenvalue weighted by atomic mass is 35.5. The van der Waals surface area contributed by atoms with Crippen molar-refractivity contribution in [1.29, 1.82) is 0 Å². The average molecular weight is 246 g/mol. The van der Waals surface area contributed by atoms with Crippen molar-refractivity contribution in [2.45, 2.75) is 6.42 Å². The number of aromatic nitrogens is 1. The topological polar surface area (TPSA) is 50.2 Å². The molecule has 1 rings (SSSR count). The van der Waals surface area contributed by atoms with E-state index in [9.17, 15) is 4.79 Å². The van der Waals surface area contributed by atoms with E-state index in [2.05, 4.69) is 4.98 Å². The van der Waals surface area contributed by atoms with Crippen molar-refractivity contribution in [2.24, 2.45) is 0 Å². The van der Waals surface area contributed by atoms with Crippen LogP contribution in [0.25, 0.3) is 6.08 Å². The van der Waals surface area contributed by atoms with Gasteiger partial charge in [-0.3, -0.25) is 0 Å². The molecule has 0 saturated heterocycles. The Morgan fingerprint density at radius 1 is 1.60 bits per heavy atom. The fourth-order valence-corrected chi connectivity index (χ4v) is 1.26. The van der Waals surface area contributed by atoms with Crippen molar-refractivity contribution >= 4 is 35.2 Å².